The van der Waals surface area contributed by atoms with Gasteiger partial charge >= 0.3 is 0 Å². The predicted octanol–water partition coefficient (Wildman–Crippen LogP) is 2.97. The zero-order valence-electron chi connectivity index (χ0n) is 10.7. The van der Waals surface area contributed by atoms with E-state index in [-0.39, 0.29) is 0 Å². The minimum atomic E-state index is 0.557. The smallest absolute Gasteiger partial charge is 0.0594 e. The van der Waals surface area contributed by atoms with Gasteiger partial charge in [-0.05, 0) is 44.1 Å². The van der Waals surface area contributed by atoms with Crippen LogP contribution < -0.4 is 5.32 Å². The van der Waals surface area contributed by atoms with Crippen molar-refractivity contribution in [1.29, 1.82) is 0 Å². The molecule has 0 amide bonds. The van der Waals surface area contributed by atoms with E-state index >= 15 is 0 Å². The maximum atomic E-state index is 5.95. The molecule has 2 saturated carbocycles. The first-order valence-electron chi connectivity index (χ1n) is 7.20. The zero-order valence-corrected chi connectivity index (χ0v) is 10.7. The molecule has 2 unspecified atom stereocenters. The van der Waals surface area contributed by atoms with E-state index < -0.39 is 0 Å². The van der Waals surface area contributed by atoms with Crippen LogP contribution in [-0.2, 0) is 4.74 Å². The Balaban J connectivity index is 1.47. The van der Waals surface area contributed by atoms with Crippen LogP contribution in [0.1, 0.15) is 51.9 Å². The summed E-state index contributed by atoms with van der Waals surface area (Å²) in [6, 6.07) is 0. The molecule has 0 heterocycles. The van der Waals surface area contributed by atoms with Crippen LogP contribution in [0.25, 0.3) is 0 Å². The highest BCUT2D eigenvalue weighted by atomic mass is 16.5. The molecule has 0 aliphatic heterocycles. The topological polar surface area (TPSA) is 21.3 Å². The third-order valence-electron chi connectivity index (χ3n) is 4.07. The molecule has 0 aromatic rings. The molecule has 0 saturated heterocycles. The first-order chi connectivity index (χ1) is 7.88. The van der Waals surface area contributed by atoms with E-state index in [0.29, 0.717) is 6.10 Å². The molecule has 2 heteroatoms. The second-order valence-corrected chi connectivity index (χ2v) is 5.58. The van der Waals surface area contributed by atoms with Crippen LogP contribution in [0.4, 0.5) is 0 Å². The van der Waals surface area contributed by atoms with Crippen LogP contribution in [-0.4, -0.2) is 25.8 Å². The number of ether oxygens (including phenoxy) is 1. The van der Waals surface area contributed by atoms with Gasteiger partial charge in [0.1, 0.15) is 0 Å². The minimum absolute atomic E-state index is 0.557. The average molecular weight is 225 g/mol. The van der Waals surface area contributed by atoms with E-state index in [1.54, 1.807) is 0 Å². The summed E-state index contributed by atoms with van der Waals surface area (Å²) in [6.07, 6.45) is 10.2. The van der Waals surface area contributed by atoms with Crippen molar-refractivity contribution in [1.82, 2.24) is 5.32 Å². The molecule has 2 aliphatic rings. The summed E-state index contributed by atoms with van der Waals surface area (Å²) in [7, 11) is 0. The van der Waals surface area contributed by atoms with Crippen molar-refractivity contribution in [3.63, 3.8) is 0 Å². The Morgan fingerprint density at radius 2 is 2.00 bits per heavy atom. The van der Waals surface area contributed by atoms with Crippen molar-refractivity contribution in [2.24, 2.45) is 11.8 Å². The van der Waals surface area contributed by atoms with Gasteiger partial charge in [0.15, 0.2) is 0 Å². The normalized spacial score (nSPS) is 30.6. The molecule has 94 valence electrons. The molecule has 2 fully saturated rings. The number of rotatable bonds is 7. The molecular formula is C14H27NO. The number of nitrogens with one attached hydrogen (secondary N) is 1. The highest BCUT2D eigenvalue weighted by molar-refractivity contribution is 4.75. The van der Waals surface area contributed by atoms with Gasteiger partial charge in [0.25, 0.3) is 0 Å². The van der Waals surface area contributed by atoms with Crippen LogP contribution in [0.2, 0.25) is 0 Å². The highest BCUT2D eigenvalue weighted by Gasteiger charge is 2.21. The van der Waals surface area contributed by atoms with E-state index in [1.807, 2.05) is 0 Å². The fourth-order valence-corrected chi connectivity index (χ4v) is 2.69. The van der Waals surface area contributed by atoms with Gasteiger partial charge in [0.05, 0.1) is 12.7 Å². The van der Waals surface area contributed by atoms with E-state index in [4.69, 9.17) is 4.74 Å². The van der Waals surface area contributed by atoms with Gasteiger partial charge in [-0.2, -0.15) is 0 Å². The molecule has 16 heavy (non-hydrogen) atoms. The predicted molar refractivity (Wildman–Crippen MR) is 67.6 cm³/mol. The van der Waals surface area contributed by atoms with Crippen LogP contribution >= 0.6 is 0 Å². The second kappa shape index (κ2) is 6.61. The summed E-state index contributed by atoms with van der Waals surface area (Å²) in [5, 5.41) is 3.49. The summed E-state index contributed by atoms with van der Waals surface area (Å²) >= 11 is 0. The Morgan fingerprint density at radius 1 is 1.12 bits per heavy atom. The van der Waals surface area contributed by atoms with Crippen LogP contribution in [0, 0.1) is 11.8 Å². The minimum Gasteiger partial charge on any atom is -0.377 e. The summed E-state index contributed by atoms with van der Waals surface area (Å²) in [6.45, 7) is 5.48. The van der Waals surface area contributed by atoms with E-state index in [0.717, 1.165) is 25.0 Å². The van der Waals surface area contributed by atoms with Crippen molar-refractivity contribution < 1.29 is 4.74 Å². The van der Waals surface area contributed by atoms with Crippen LogP contribution in [0.3, 0.4) is 0 Å². The first-order valence-corrected chi connectivity index (χ1v) is 7.20. The number of hydrogen-bond acceptors (Lipinski definition) is 2. The van der Waals surface area contributed by atoms with Crippen molar-refractivity contribution >= 4 is 0 Å². The third-order valence-corrected chi connectivity index (χ3v) is 4.07. The monoisotopic (exact) mass is 225 g/mol. The number of hydrogen-bond donors (Lipinski definition) is 1. The van der Waals surface area contributed by atoms with Gasteiger partial charge in [0.2, 0.25) is 0 Å². The van der Waals surface area contributed by atoms with Gasteiger partial charge in [-0.25, -0.2) is 0 Å². The summed E-state index contributed by atoms with van der Waals surface area (Å²) in [5.74, 6) is 1.91. The molecule has 0 aromatic heterocycles. The fraction of sp³-hybridized carbons (Fsp3) is 1.00. The lowest BCUT2D eigenvalue weighted by molar-refractivity contribution is 0.0142. The maximum Gasteiger partial charge on any atom is 0.0594 e. The van der Waals surface area contributed by atoms with Crippen molar-refractivity contribution in [2.45, 2.75) is 58.0 Å². The molecule has 2 rings (SSSR count). The second-order valence-electron chi connectivity index (χ2n) is 5.58. The SMILES string of the molecule is CCC1CCCC(OCCNCC2CC2)C1. The Morgan fingerprint density at radius 3 is 2.75 bits per heavy atom. The van der Waals surface area contributed by atoms with E-state index in [1.165, 1.54) is 51.5 Å². The van der Waals surface area contributed by atoms with Gasteiger partial charge < -0.3 is 10.1 Å². The molecule has 2 aliphatic carbocycles. The molecule has 1 N–H and O–H groups in total. The molecule has 0 spiro atoms. The molecule has 0 aromatic carbocycles. The van der Waals surface area contributed by atoms with Gasteiger partial charge in [-0.1, -0.05) is 26.2 Å². The summed E-state index contributed by atoms with van der Waals surface area (Å²) in [5.41, 5.74) is 0. The van der Waals surface area contributed by atoms with Crippen molar-refractivity contribution in [2.75, 3.05) is 19.7 Å². The van der Waals surface area contributed by atoms with E-state index in [2.05, 4.69) is 12.2 Å². The zero-order chi connectivity index (χ0) is 11.2. The molecule has 2 atom stereocenters. The lowest BCUT2D eigenvalue weighted by atomic mass is 9.85. The highest BCUT2D eigenvalue weighted by Crippen LogP contribution is 2.28. The Kier molecular flexibility index (Phi) is 5.11. The van der Waals surface area contributed by atoms with Crippen molar-refractivity contribution in [3.8, 4) is 0 Å². The van der Waals surface area contributed by atoms with Crippen molar-refractivity contribution in [3.05, 3.63) is 0 Å². The lowest BCUT2D eigenvalue weighted by Gasteiger charge is -2.28. The Labute approximate surface area is 100 Å². The molecule has 0 radical (unpaired) electrons. The van der Waals surface area contributed by atoms with Gasteiger partial charge in [-0.3, -0.25) is 0 Å². The van der Waals surface area contributed by atoms with E-state index in [9.17, 15) is 0 Å². The maximum absolute atomic E-state index is 5.95. The quantitative estimate of drug-likeness (QED) is 0.673. The first kappa shape index (κ1) is 12.4. The largest absolute Gasteiger partial charge is 0.377 e. The third kappa shape index (κ3) is 4.42. The molecule has 0 bridgehead atoms. The van der Waals surface area contributed by atoms with Gasteiger partial charge in [-0.15, -0.1) is 0 Å². The lowest BCUT2D eigenvalue weighted by Crippen LogP contribution is -2.27. The average Bonchev–Trinajstić information content (AvgIpc) is 3.13. The molecular weight excluding hydrogens is 198 g/mol. The van der Waals surface area contributed by atoms with Crippen LogP contribution in [0.5, 0.6) is 0 Å². The Hall–Kier alpha value is -0.0800. The molecule has 2 nitrogen and oxygen atoms in total. The standard InChI is InChI=1S/C14H27NO/c1-2-12-4-3-5-14(10-12)16-9-8-15-11-13-6-7-13/h12-15H,2-11H2,1H3. The van der Waals surface area contributed by atoms with Crippen LogP contribution in [0.15, 0.2) is 0 Å². The van der Waals surface area contributed by atoms with Gasteiger partial charge in [0, 0.05) is 6.54 Å². The Bertz CT molecular complexity index is 191. The summed E-state index contributed by atoms with van der Waals surface area (Å²) in [4.78, 5) is 0. The summed E-state index contributed by atoms with van der Waals surface area (Å²) < 4.78 is 5.95. The fourth-order valence-electron chi connectivity index (χ4n) is 2.69.